The van der Waals surface area contributed by atoms with Crippen LogP contribution in [0.1, 0.15) is 26.3 Å². The van der Waals surface area contributed by atoms with Crippen LogP contribution in [-0.2, 0) is 4.79 Å². The first-order valence-electron chi connectivity index (χ1n) is 9.97. The predicted molar refractivity (Wildman–Crippen MR) is 129 cm³/mol. The third-order valence-corrected chi connectivity index (χ3v) is 4.54. The van der Waals surface area contributed by atoms with Crippen molar-refractivity contribution in [3.05, 3.63) is 95.6 Å². The molecule has 3 aromatic rings. The molecule has 0 spiro atoms. The fourth-order valence-electron chi connectivity index (χ4n) is 2.74. The van der Waals surface area contributed by atoms with Gasteiger partial charge in [0, 0.05) is 16.8 Å². The first-order chi connectivity index (χ1) is 15.9. The molecule has 8 nitrogen and oxygen atoms in total. The van der Waals surface area contributed by atoms with Crippen LogP contribution in [0.5, 0.6) is 5.75 Å². The van der Waals surface area contributed by atoms with Gasteiger partial charge < -0.3 is 10.1 Å². The molecule has 0 unspecified atom stereocenters. The van der Waals surface area contributed by atoms with E-state index in [1.54, 1.807) is 60.7 Å². The number of aryl methyl sites for hydroxylation is 1. The number of carbonyl (C=O) groups is 3. The Morgan fingerprint density at radius 3 is 2.24 bits per heavy atom. The molecule has 0 heterocycles. The summed E-state index contributed by atoms with van der Waals surface area (Å²) in [5.41, 5.74) is 7.27. The van der Waals surface area contributed by atoms with Gasteiger partial charge in [0.1, 0.15) is 5.75 Å². The number of para-hydroxylation sites is 1. The lowest BCUT2D eigenvalue weighted by Crippen LogP contribution is -2.49. The van der Waals surface area contributed by atoms with Crippen molar-refractivity contribution < 1.29 is 19.1 Å². The van der Waals surface area contributed by atoms with E-state index in [1.165, 1.54) is 0 Å². The number of hydrazine groups is 1. The maximum absolute atomic E-state index is 12.3. The van der Waals surface area contributed by atoms with E-state index in [0.29, 0.717) is 22.6 Å². The van der Waals surface area contributed by atoms with Crippen LogP contribution in [-0.4, -0.2) is 29.4 Å². The van der Waals surface area contributed by atoms with Crippen molar-refractivity contribution in [1.82, 2.24) is 16.2 Å². The molecule has 3 rings (SSSR count). The molecule has 9 heteroatoms. The zero-order chi connectivity index (χ0) is 23.6. The number of hydrogen-bond donors (Lipinski definition) is 4. The average molecular weight is 463 g/mol. The predicted octanol–water partition coefficient (Wildman–Crippen LogP) is 2.96. The first-order valence-corrected chi connectivity index (χ1v) is 10.4. The van der Waals surface area contributed by atoms with Gasteiger partial charge in [0.25, 0.3) is 17.7 Å². The van der Waals surface area contributed by atoms with Crippen LogP contribution in [0.4, 0.5) is 5.69 Å². The van der Waals surface area contributed by atoms with E-state index < -0.39 is 11.8 Å². The van der Waals surface area contributed by atoms with E-state index in [0.717, 1.165) is 5.56 Å². The Hall–Kier alpha value is -4.24. The zero-order valence-electron chi connectivity index (χ0n) is 17.8. The fraction of sp³-hybridized carbons (Fsp3) is 0.0833. The molecule has 0 fully saturated rings. The van der Waals surface area contributed by atoms with Crippen molar-refractivity contribution in [2.45, 2.75) is 6.92 Å². The normalized spacial score (nSPS) is 9.97. The summed E-state index contributed by atoms with van der Waals surface area (Å²) in [5.74, 6) is -0.628. The van der Waals surface area contributed by atoms with E-state index in [1.807, 2.05) is 25.1 Å². The number of rotatable bonds is 6. The minimum Gasteiger partial charge on any atom is -0.484 e. The lowest BCUT2D eigenvalue weighted by molar-refractivity contribution is -0.121. The second-order valence-electron chi connectivity index (χ2n) is 6.96. The van der Waals surface area contributed by atoms with E-state index in [4.69, 9.17) is 17.0 Å². The molecule has 0 aliphatic carbocycles. The zero-order valence-corrected chi connectivity index (χ0v) is 18.6. The van der Waals surface area contributed by atoms with Gasteiger partial charge in [-0.2, -0.15) is 0 Å². The summed E-state index contributed by atoms with van der Waals surface area (Å²) in [6.07, 6.45) is 0. The Bertz CT molecular complexity index is 1150. The Labute approximate surface area is 196 Å². The highest BCUT2D eigenvalue weighted by molar-refractivity contribution is 7.80. The molecule has 0 saturated heterocycles. The summed E-state index contributed by atoms with van der Waals surface area (Å²) >= 11 is 4.99. The van der Waals surface area contributed by atoms with Gasteiger partial charge >= 0.3 is 0 Å². The van der Waals surface area contributed by atoms with Crippen molar-refractivity contribution in [2.75, 3.05) is 11.9 Å². The molecule has 0 atom stereocenters. The molecule has 168 valence electrons. The number of anilines is 1. The molecule has 0 aliphatic heterocycles. The highest BCUT2D eigenvalue weighted by atomic mass is 32.1. The number of amides is 3. The molecule has 3 aromatic carbocycles. The minimum atomic E-state index is -0.473. The smallest absolute Gasteiger partial charge is 0.269 e. The summed E-state index contributed by atoms with van der Waals surface area (Å²) in [6.45, 7) is 1.68. The maximum Gasteiger partial charge on any atom is 0.269 e. The van der Waals surface area contributed by atoms with E-state index in [9.17, 15) is 14.4 Å². The minimum absolute atomic E-state index is 0.0768. The Morgan fingerprint density at radius 1 is 0.818 bits per heavy atom. The number of hydrogen-bond acceptors (Lipinski definition) is 5. The summed E-state index contributed by atoms with van der Waals surface area (Å²) in [4.78, 5) is 36.5. The van der Waals surface area contributed by atoms with Gasteiger partial charge in [-0.3, -0.25) is 30.6 Å². The quantitative estimate of drug-likeness (QED) is 0.331. The maximum atomic E-state index is 12.3. The Balaban J connectivity index is 1.43. The lowest BCUT2D eigenvalue weighted by Gasteiger charge is -2.12. The third-order valence-electron chi connectivity index (χ3n) is 4.34. The SMILES string of the molecule is Cc1cccc(C(=O)Nc2ccc(C(=O)NNC(=S)NC(=O)COc3ccccc3)cc2)c1. The van der Waals surface area contributed by atoms with Gasteiger partial charge in [-0.25, -0.2) is 0 Å². The van der Waals surface area contributed by atoms with Crippen molar-refractivity contribution in [1.29, 1.82) is 0 Å². The van der Waals surface area contributed by atoms with Crippen molar-refractivity contribution >= 4 is 40.7 Å². The monoisotopic (exact) mass is 462 g/mol. The molecule has 0 aliphatic rings. The second-order valence-corrected chi connectivity index (χ2v) is 7.37. The fourth-order valence-corrected chi connectivity index (χ4v) is 2.90. The first kappa shape index (κ1) is 23.4. The van der Waals surface area contributed by atoms with E-state index in [-0.39, 0.29) is 17.6 Å². The largest absolute Gasteiger partial charge is 0.484 e. The lowest BCUT2D eigenvalue weighted by atomic mass is 10.1. The summed E-state index contributed by atoms with van der Waals surface area (Å²) in [6, 6.07) is 22.4. The van der Waals surface area contributed by atoms with Gasteiger partial charge in [0.2, 0.25) is 0 Å². The van der Waals surface area contributed by atoms with Gasteiger partial charge in [0.15, 0.2) is 11.7 Å². The summed E-state index contributed by atoms with van der Waals surface area (Å²) < 4.78 is 5.32. The van der Waals surface area contributed by atoms with Gasteiger partial charge in [-0.05, 0) is 67.7 Å². The average Bonchev–Trinajstić information content (AvgIpc) is 2.82. The van der Waals surface area contributed by atoms with Crippen LogP contribution >= 0.6 is 12.2 Å². The molecular formula is C24H22N4O4S. The number of thiocarbonyl (C=S) groups is 1. The molecule has 33 heavy (non-hydrogen) atoms. The molecule has 4 N–H and O–H groups in total. The molecule has 3 amide bonds. The van der Waals surface area contributed by atoms with Crippen LogP contribution in [0.15, 0.2) is 78.9 Å². The van der Waals surface area contributed by atoms with Gasteiger partial charge in [0.05, 0.1) is 0 Å². The molecular weight excluding hydrogens is 440 g/mol. The second kappa shape index (κ2) is 11.4. The van der Waals surface area contributed by atoms with E-state index in [2.05, 4.69) is 21.5 Å². The van der Waals surface area contributed by atoms with Gasteiger partial charge in [-0.1, -0.05) is 35.9 Å². The van der Waals surface area contributed by atoms with E-state index >= 15 is 0 Å². The Morgan fingerprint density at radius 2 is 1.55 bits per heavy atom. The number of benzene rings is 3. The molecule has 0 aromatic heterocycles. The molecule has 0 saturated carbocycles. The third kappa shape index (κ3) is 7.44. The topological polar surface area (TPSA) is 109 Å². The molecule has 0 radical (unpaired) electrons. The highest BCUT2D eigenvalue weighted by Gasteiger charge is 2.10. The number of carbonyl (C=O) groups excluding carboxylic acids is 3. The van der Waals surface area contributed by atoms with Gasteiger partial charge in [-0.15, -0.1) is 0 Å². The standard InChI is InChI=1S/C24H22N4O4S/c1-16-6-5-7-18(14-16)22(30)25-19-12-10-17(11-13-19)23(31)27-28-24(33)26-21(29)15-32-20-8-3-2-4-9-20/h2-14H,15H2,1H3,(H,25,30)(H,27,31)(H2,26,28,29,33). The molecule has 0 bridgehead atoms. The van der Waals surface area contributed by atoms with Crippen LogP contribution in [0.25, 0.3) is 0 Å². The number of nitrogens with one attached hydrogen (secondary N) is 4. The van der Waals surface area contributed by atoms with Crippen LogP contribution in [0.2, 0.25) is 0 Å². The summed E-state index contributed by atoms with van der Waals surface area (Å²) in [5, 5.41) is 5.11. The van der Waals surface area contributed by atoms with Crippen LogP contribution in [0.3, 0.4) is 0 Å². The van der Waals surface area contributed by atoms with Crippen molar-refractivity contribution in [3.63, 3.8) is 0 Å². The highest BCUT2D eigenvalue weighted by Crippen LogP contribution is 2.12. The van der Waals surface area contributed by atoms with Crippen molar-refractivity contribution in [2.24, 2.45) is 0 Å². The summed E-state index contributed by atoms with van der Waals surface area (Å²) in [7, 11) is 0. The number of ether oxygens (including phenoxy) is 1. The van der Waals surface area contributed by atoms with Crippen LogP contribution < -0.4 is 26.2 Å². The van der Waals surface area contributed by atoms with Crippen molar-refractivity contribution in [3.8, 4) is 5.75 Å². The Kier molecular flexibility index (Phi) is 8.09. The van der Waals surface area contributed by atoms with Crippen LogP contribution in [0, 0.1) is 6.92 Å².